The van der Waals surface area contributed by atoms with E-state index < -0.39 is 23.7 Å². The largest absolute Gasteiger partial charge is 0.497 e. The van der Waals surface area contributed by atoms with Crippen LogP contribution in [0.1, 0.15) is 26.5 Å². The minimum Gasteiger partial charge on any atom is -0.497 e. The van der Waals surface area contributed by atoms with Gasteiger partial charge in [0.1, 0.15) is 17.4 Å². The normalized spacial score (nSPS) is 12.7. The van der Waals surface area contributed by atoms with Crippen LogP contribution < -0.4 is 10.1 Å². The molecule has 2 N–H and O–H groups in total. The number of nitrogens with zero attached hydrogens (tertiary/aromatic N) is 1. The van der Waals surface area contributed by atoms with E-state index in [2.05, 4.69) is 5.32 Å². The van der Waals surface area contributed by atoms with Gasteiger partial charge in [0.2, 0.25) is 0 Å². The third-order valence-electron chi connectivity index (χ3n) is 3.75. The maximum absolute atomic E-state index is 11.9. The van der Waals surface area contributed by atoms with Crippen LogP contribution in [0.3, 0.4) is 0 Å². The van der Waals surface area contributed by atoms with Gasteiger partial charge in [-0.25, -0.2) is 9.59 Å². The molecule has 0 radical (unpaired) electrons. The fraction of sp³-hybridized carbons (Fsp3) is 0.444. The van der Waals surface area contributed by atoms with E-state index in [1.165, 1.54) is 0 Å². The second kappa shape index (κ2) is 7.04. The molecule has 0 aliphatic rings. The van der Waals surface area contributed by atoms with Gasteiger partial charge in [0.15, 0.2) is 0 Å². The Bertz CT molecular complexity index is 789. The van der Waals surface area contributed by atoms with Gasteiger partial charge >= 0.3 is 12.1 Å². The van der Waals surface area contributed by atoms with Gasteiger partial charge in [-0.05, 0) is 45.0 Å². The number of carbonyl (C=O) groups is 2. The van der Waals surface area contributed by atoms with Gasteiger partial charge < -0.3 is 24.5 Å². The monoisotopic (exact) mass is 348 g/mol. The van der Waals surface area contributed by atoms with E-state index in [0.717, 1.165) is 22.3 Å². The highest BCUT2D eigenvalue weighted by molar-refractivity contribution is 5.84. The quantitative estimate of drug-likeness (QED) is 0.867. The molecule has 1 aromatic heterocycles. The van der Waals surface area contributed by atoms with Gasteiger partial charge in [-0.1, -0.05) is 0 Å². The molecule has 2 rings (SSSR count). The maximum atomic E-state index is 11.9. The molecule has 0 aliphatic heterocycles. The molecule has 0 aliphatic carbocycles. The fourth-order valence-corrected chi connectivity index (χ4v) is 2.57. The first-order valence-electron chi connectivity index (χ1n) is 7.95. The molecular formula is C18H24N2O5. The number of carboxylic acid groups (broad SMARTS) is 1. The summed E-state index contributed by atoms with van der Waals surface area (Å²) in [4.78, 5) is 23.4. The molecule has 0 fully saturated rings. The number of hydrogen-bond donors (Lipinski definition) is 2. The summed E-state index contributed by atoms with van der Waals surface area (Å²) in [5.41, 5.74) is 1.05. The number of carbonyl (C=O) groups excluding carboxylic acids is 1. The predicted octanol–water partition coefficient (Wildman–Crippen LogP) is 2.71. The highest BCUT2D eigenvalue weighted by Gasteiger charge is 2.25. The summed E-state index contributed by atoms with van der Waals surface area (Å²) < 4.78 is 12.3. The van der Waals surface area contributed by atoms with Crippen molar-refractivity contribution in [1.82, 2.24) is 9.88 Å². The lowest BCUT2D eigenvalue weighted by molar-refractivity contribution is -0.139. The number of carboxylic acids is 1. The Morgan fingerprint density at radius 3 is 2.52 bits per heavy atom. The SMILES string of the molecule is COc1ccc2c(c1)cc(CC(NC(=O)OC(C)(C)C)C(=O)O)n2C. The summed E-state index contributed by atoms with van der Waals surface area (Å²) in [5.74, 6) is -0.389. The van der Waals surface area contributed by atoms with Crippen LogP contribution in [0.2, 0.25) is 0 Å². The number of methoxy groups -OCH3 is 1. The molecule has 1 heterocycles. The van der Waals surface area contributed by atoms with Gasteiger partial charge in [-0.3, -0.25) is 0 Å². The van der Waals surface area contributed by atoms with Gasteiger partial charge in [-0.2, -0.15) is 0 Å². The van der Waals surface area contributed by atoms with Crippen molar-refractivity contribution in [2.75, 3.05) is 7.11 Å². The Labute approximate surface area is 146 Å². The van der Waals surface area contributed by atoms with Crippen LogP contribution in [-0.2, 0) is 23.0 Å². The Morgan fingerprint density at radius 2 is 1.96 bits per heavy atom. The summed E-state index contributed by atoms with van der Waals surface area (Å²) in [6.45, 7) is 5.17. The molecule has 7 heteroatoms. The molecule has 1 aromatic carbocycles. The topological polar surface area (TPSA) is 89.8 Å². The first-order chi connectivity index (χ1) is 11.6. The number of hydrogen-bond acceptors (Lipinski definition) is 4. The van der Waals surface area contributed by atoms with Crippen molar-refractivity contribution in [3.8, 4) is 5.75 Å². The molecule has 1 unspecified atom stereocenters. The average molecular weight is 348 g/mol. The minimum atomic E-state index is -1.12. The van der Waals surface area contributed by atoms with E-state index in [1.807, 2.05) is 35.9 Å². The number of amides is 1. The van der Waals surface area contributed by atoms with Crippen molar-refractivity contribution in [1.29, 1.82) is 0 Å². The third-order valence-corrected chi connectivity index (χ3v) is 3.75. The van der Waals surface area contributed by atoms with E-state index in [4.69, 9.17) is 9.47 Å². The molecule has 136 valence electrons. The molecule has 2 aromatic rings. The van der Waals surface area contributed by atoms with Crippen molar-refractivity contribution in [2.45, 2.75) is 38.8 Å². The van der Waals surface area contributed by atoms with Gasteiger partial charge in [0, 0.05) is 30.1 Å². The summed E-state index contributed by atoms with van der Waals surface area (Å²) >= 11 is 0. The van der Waals surface area contributed by atoms with E-state index in [0.29, 0.717) is 0 Å². The van der Waals surface area contributed by atoms with E-state index >= 15 is 0 Å². The minimum absolute atomic E-state index is 0.141. The summed E-state index contributed by atoms with van der Waals surface area (Å²) in [5, 5.41) is 12.8. The number of aromatic nitrogens is 1. The second-order valence-electron chi connectivity index (χ2n) is 6.86. The fourth-order valence-electron chi connectivity index (χ4n) is 2.57. The van der Waals surface area contributed by atoms with Crippen LogP contribution in [0.15, 0.2) is 24.3 Å². The van der Waals surface area contributed by atoms with Gasteiger partial charge in [0.05, 0.1) is 7.11 Å². The third kappa shape index (κ3) is 4.65. The van der Waals surface area contributed by atoms with Gasteiger partial charge in [0.25, 0.3) is 0 Å². The number of aliphatic carboxylic acids is 1. The number of benzene rings is 1. The number of fused-ring (bicyclic) bond motifs is 1. The van der Waals surface area contributed by atoms with Crippen molar-refractivity contribution in [2.24, 2.45) is 7.05 Å². The van der Waals surface area contributed by atoms with E-state index in [9.17, 15) is 14.7 Å². The molecule has 1 atom stereocenters. The van der Waals surface area contributed by atoms with Crippen LogP contribution in [0.4, 0.5) is 4.79 Å². The highest BCUT2D eigenvalue weighted by atomic mass is 16.6. The number of aryl methyl sites for hydroxylation is 1. The molecular weight excluding hydrogens is 324 g/mol. The lowest BCUT2D eigenvalue weighted by Crippen LogP contribution is -2.44. The van der Waals surface area contributed by atoms with Crippen molar-refractivity contribution < 1.29 is 24.2 Å². The van der Waals surface area contributed by atoms with Crippen LogP contribution in [0.5, 0.6) is 5.75 Å². The number of nitrogens with one attached hydrogen (secondary N) is 1. The van der Waals surface area contributed by atoms with E-state index in [-0.39, 0.29) is 6.42 Å². The average Bonchev–Trinajstić information content (AvgIpc) is 2.80. The summed E-state index contributed by atoms with van der Waals surface area (Å²) in [6, 6.07) is 6.45. The predicted molar refractivity (Wildman–Crippen MR) is 94.0 cm³/mol. The van der Waals surface area contributed by atoms with E-state index in [1.54, 1.807) is 27.9 Å². The first-order valence-corrected chi connectivity index (χ1v) is 7.95. The Morgan fingerprint density at radius 1 is 1.28 bits per heavy atom. The summed E-state index contributed by atoms with van der Waals surface area (Å²) in [6.07, 6.45) is -0.609. The molecule has 0 bridgehead atoms. The maximum Gasteiger partial charge on any atom is 0.408 e. The Kier molecular flexibility index (Phi) is 5.25. The van der Waals surface area contributed by atoms with Crippen molar-refractivity contribution >= 4 is 23.0 Å². The number of alkyl carbamates (subject to hydrolysis) is 1. The lowest BCUT2D eigenvalue weighted by atomic mass is 10.1. The molecule has 7 nitrogen and oxygen atoms in total. The first kappa shape index (κ1) is 18.6. The summed E-state index contributed by atoms with van der Waals surface area (Å²) in [7, 11) is 3.45. The van der Waals surface area contributed by atoms with Crippen molar-refractivity contribution in [3.63, 3.8) is 0 Å². The zero-order valence-corrected chi connectivity index (χ0v) is 15.1. The lowest BCUT2D eigenvalue weighted by Gasteiger charge is -2.22. The Balaban J connectivity index is 2.22. The van der Waals surface area contributed by atoms with Crippen LogP contribution >= 0.6 is 0 Å². The van der Waals surface area contributed by atoms with Crippen molar-refractivity contribution in [3.05, 3.63) is 30.0 Å². The number of ether oxygens (including phenoxy) is 2. The second-order valence-corrected chi connectivity index (χ2v) is 6.86. The molecule has 25 heavy (non-hydrogen) atoms. The van der Waals surface area contributed by atoms with Crippen LogP contribution in [0, 0.1) is 0 Å². The molecule has 0 spiro atoms. The van der Waals surface area contributed by atoms with Crippen LogP contribution in [-0.4, -0.2) is 40.5 Å². The molecule has 1 amide bonds. The smallest absolute Gasteiger partial charge is 0.408 e. The zero-order valence-electron chi connectivity index (χ0n) is 15.1. The molecule has 0 saturated heterocycles. The zero-order chi connectivity index (χ0) is 18.8. The highest BCUT2D eigenvalue weighted by Crippen LogP contribution is 2.24. The standard InChI is InChI=1S/C18H24N2O5/c1-18(2,3)25-17(23)19-14(16(21)22)10-12-8-11-9-13(24-5)6-7-15(11)20(12)4/h6-9,14H,10H2,1-5H3,(H,19,23)(H,21,22). The van der Waals surface area contributed by atoms with Crippen LogP contribution in [0.25, 0.3) is 10.9 Å². The Hall–Kier alpha value is -2.70. The van der Waals surface area contributed by atoms with Gasteiger partial charge in [-0.15, -0.1) is 0 Å². The number of rotatable bonds is 5. The molecule has 0 saturated carbocycles.